The van der Waals surface area contributed by atoms with Gasteiger partial charge in [0.05, 0.1) is 0 Å². The molecule has 4 heteroatoms. The molecule has 1 N–H and O–H groups in total. The largest absolute Gasteiger partial charge is 0.342 e. The zero-order valence-electron chi connectivity index (χ0n) is 12.5. The van der Waals surface area contributed by atoms with Crippen LogP contribution in [-0.4, -0.2) is 24.4 Å². The molecule has 1 aliphatic rings. The predicted octanol–water partition coefficient (Wildman–Crippen LogP) is 2.30. The second-order valence-electron chi connectivity index (χ2n) is 5.93. The third-order valence-electron chi connectivity index (χ3n) is 3.67. The van der Waals surface area contributed by atoms with Gasteiger partial charge >= 0.3 is 0 Å². The molecular formula is C16H22N2O2. The summed E-state index contributed by atoms with van der Waals surface area (Å²) in [6.07, 6.45) is 0. The first-order valence-electron chi connectivity index (χ1n) is 7.11. The van der Waals surface area contributed by atoms with E-state index in [-0.39, 0.29) is 24.3 Å². The average Bonchev–Trinajstić information content (AvgIpc) is 2.40. The van der Waals surface area contributed by atoms with Crippen LogP contribution < -0.4 is 10.2 Å². The Labute approximate surface area is 120 Å². The van der Waals surface area contributed by atoms with Gasteiger partial charge in [0.1, 0.15) is 12.6 Å². The van der Waals surface area contributed by atoms with Crippen LogP contribution in [0.25, 0.3) is 0 Å². The van der Waals surface area contributed by atoms with Crippen LogP contribution in [0.2, 0.25) is 0 Å². The fraction of sp³-hybridized carbons (Fsp3) is 0.500. The van der Waals surface area contributed by atoms with Gasteiger partial charge in [-0.05, 0) is 23.5 Å². The van der Waals surface area contributed by atoms with Crippen molar-refractivity contribution in [2.24, 2.45) is 5.92 Å². The van der Waals surface area contributed by atoms with E-state index in [1.807, 2.05) is 38.1 Å². The molecule has 1 fully saturated rings. The number of amides is 2. The van der Waals surface area contributed by atoms with Gasteiger partial charge < -0.3 is 10.2 Å². The fourth-order valence-corrected chi connectivity index (χ4v) is 2.55. The molecule has 2 amide bonds. The molecule has 2 rings (SSSR count). The summed E-state index contributed by atoms with van der Waals surface area (Å²) in [4.78, 5) is 26.1. The molecule has 1 unspecified atom stereocenters. The number of para-hydroxylation sites is 1. The molecule has 1 aromatic rings. The third-order valence-corrected chi connectivity index (χ3v) is 3.67. The zero-order valence-corrected chi connectivity index (χ0v) is 12.5. The SMILES string of the molecule is CC(C)c1ccccc1N1CC(=O)NC(C(C)C)C1=O. The van der Waals surface area contributed by atoms with Crippen LogP contribution in [0.5, 0.6) is 0 Å². The quantitative estimate of drug-likeness (QED) is 0.919. The van der Waals surface area contributed by atoms with Crippen LogP contribution >= 0.6 is 0 Å². The number of anilines is 1. The lowest BCUT2D eigenvalue weighted by atomic mass is 9.97. The van der Waals surface area contributed by atoms with E-state index in [4.69, 9.17) is 0 Å². The van der Waals surface area contributed by atoms with E-state index in [0.29, 0.717) is 5.92 Å². The van der Waals surface area contributed by atoms with Crippen LogP contribution in [0.1, 0.15) is 39.2 Å². The summed E-state index contributed by atoms with van der Waals surface area (Å²) in [7, 11) is 0. The van der Waals surface area contributed by atoms with E-state index >= 15 is 0 Å². The normalized spacial score (nSPS) is 19.7. The van der Waals surface area contributed by atoms with Crippen molar-refractivity contribution in [3.8, 4) is 0 Å². The van der Waals surface area contributed by atoms with Gasteiger partial charge in [0.2, 0.25) is 11.8 Å². The number of nitrogens with one attached hydrogen (secondary N) is 1. The number of rotatable bonds is 3. The van der Waals surface area contributed by atoms with E-state index in [1.54, 1.807) is 4.90 Å². The number of carbonyl (C=O) groups is 2. The molecule has 4 nitrogen and oxygen atoms in total. The van der Waals surface area contributed by atoms with Crippen molar-refractivity contribution in [3.05, 3.63) is 29.8 Å². The molecule has 0 spiro atoms. The van der Waals surface area contributed by atoms with Crippen molar-refractivity contribution in [2.45, 2.75) is 39.7 Å². The Kier molecular flexibility index (Phi) is 4.12. The summed E-state index contributed by atoms with van der Waals surface area (Å²) in [5.41, 5.74) is 1.95. The van der Waals surface area contributed by atoms with Gasteiger partial charge in [-0.25, -0.2) is 0 Å². The van der Waals surface area contributed by atoms with Crippen LogP contribution in [0, 0.1) is 5.92 Å². The molecule has 0 saturated carbocycles. The molecule has 0 bridgehead atoms. The highest BCUT2D eigenvalue weighted by Gasteiger charge is 2.36. The highest BCUT2D eigenvalue weighted by molar-refractivity contribution is 6.07. The smallest absolute Gasteiger partial charge is 0.250 e. The minimum absolute atomic E-state index is 0.0206. The highest BCUT2D eigenvalue weighted by Crippen LogP contribution is 2.29. The monoisotopic (exact) mass is 274 g/mol. The Morgan fingerprint density at radius 2 is 1.80 bits per heavy atom. The van der Waals surface area contributed by atoms with E-state index in [2.05, 4.69) is 19.2 Å². The van der Waals surface area contributed by atoms with Crippen molar-refractivity contribution < 1.29 is 9.59 Å². The molecule has 1 atom stereocenters. The van der Waals surface area contributed by atoms with Gasteiger partial charge in [-0.15, -0.1) is 0 Å². The van der Waals surface area contributed by atoms with Crippen LogP contribution in [0.15, 0.2) is 24.3 Å². The molecule has 1 saturated heterocycles. The maximum atomic E-state index is 12.6. The average molecular weight is 274 g/mol. The van der Waals surface area contributed by atoms with Crippen LogP contribution in [0.4, 0.5) is 5.69 Å². The second kappa shape index (κ2) is 5.65. The van der Waals surface area contributed by atoms with E-state index in [0.717, 1.165) is 11.3 Å². The summed E-state index contributed by atoms with van der Waals surface area (Å²) in [6, 6.07) is 7.38. The molecule has 108 valence electrons. The van der Waals surface area contributed by atoms with Gasteiger partial charge in [0.25, 0.3) is 0 Å². The Morgan fingerprint density at radius 1 is 1.15 bits per heavy atom. The Morgan fingerprint density at radius 3 is 2.40 bits per heavy atom. The molecule has 1 aliphatic heterocycles. The van der Waals surface area contributed by atoms with Crippen LogP contribution in [-0.2, 0) is 9.59 Å². The lowest BCUT2D eigenvalue weighted by Gasteiger charge is -2.35. The zero-order chi connectivity index (χ0) is 14.9. The van der Waals surface area contributed by atoms with E-state index in [1.165, 1.54) is 0 Å². The van der Waals surface area contributed by atoms with Gasteiger partial charge in [-0.2, -0.15) is 0 Å². The maximum Gasteiger partial charge on any atom is 0.250 e. The Balaban J connectivity index is 2.41. The second-order valence-corrected chi connectivity index (χ2v) is 5.93. The topological polar surface area (TPSA) is 49.4 Å². The first kappa shape index (κ1) is 14.6. The first-order valence-corrected chi connectivity index (χ1v) is 7.11. The number of carbonyl (C=O) groups excluding carboxylic acids is 2. The Hall–Kier alpha value is -1.84. The Bertz CT molecular complexity index is 523. The van der Waals surface area contributed by atoms with Gasteiger partial charge in [-0.1, -0.05) is 45.9 Å². The first-order chi connectivity index (χ1) is 9.41. The van der Waals surface area contributed by atoms with Crippen molar-refractivity contribution >= 4 is 17.5 Å². The van der Waals surface area contributed by atoms with Gasteiger partial charge in [-0.3, -0.25) is 9.59 Å². The summed E-state index contributed by atoms with van der Waals surface area (Å²) < 4.78 is 0. The maximum absolute atomic E-state index is 12.6. The van der Waals surface area contributed by atoms with Crippen LogP contribution in [0.3, 0.4) is 0 Å². The molecule has 20 heavy (non-hydrogen) atoms. The predicted molar refractivity (Wildman–Crippen MR) is 79.7 cm³/mol. The van der Waals surface area contributed by atoms with E-state index in [9.17, 15) is 9.59 Å². The van der Waals surface area contributed by atoms with E-state index < -0.39 is 6.04 Å². The molecule has 0 radical (unpaired) electrons. The molecular weight excluding hydrogens is 252 g/mol. The fourth-order valence-electron chi connectivity index (χ4n) is 2.55. The standard InChI is InChI=1S/C16H22N2O2/c1-10(2)12-7-5-6-8-13(12)18-9-14(19)17-15(11(3)4)16(18)20/h5-8,10-11,15H,9H2,1-4H3,(H,17,19). The number of benzene rings is 1. The lowest BCUT2D eigenvalue weighted by Crippen LogP contribution is -2.60. The molecule has 1 aromatic carbocycles. The summed E-state index contributed by atoms with van der Waals surface area (Å²) in [5, 5.41) is 2.78. The highest BCUT2D eigenvalue weighted by atomic mass is 16.2. The summed E-state index contributed by atoms with van der Waals surface area (Å²) in [6.45, 7) is 8.17. The van der Waals surface area contributed by atoms with Crippen molar-refractivity contribution in [3.63, 3.8) is 0 Å². The number of piperazine rings is 1. The van der Waals surface area contributed by atoms with Crippen molar-refractivity contribution in [1.82, 2.24) is 5.32 Å². The minimum Gasteiger partial charge on any atom is -0.342 e. The van der Waals surface area contributed by atoms with Crippen molar-refractivity contribution in [2.75, 3.05) is 11.4 Å². The molecule has 1 heterocycles. The third kappa shape index (κ3) is 2.69. The summed E-state index contributed by atoms with van der Waals surface area (Å²) >= 11 is 0. The molecule has 0 aliphatic carbocycles. The number of hydrogen-bond acceptors (Lipinski definition) is 2. The summed E-state index contributed by atoms with van der Waals surface area (Å²) in [5.74, 6) is 0.275. The molecule has 0 aromatic heterocycles. The number of nitrogens with zero attached hydrogens (tertiary/aromatic N) is 1. The van der Waals surface area contributed by atoms with Gasteiger partial charge in [0, 0.05) is 5.69 Å². The lowest BCUT2D eigenvalue weighted by molar-refractivity contribution is -0.132. The number of hydrogen-bond donors (Lipinski definition) is 1. The van der Waals surface area contributed by atoms with Crippen molar-refractivity contribution in [1.29, 1.82) is 0 Å². The minimum atomic E-state index is -0.434. The van der Waals surface area contributed by atoms with Gasteiger partial charge in [0.15, 0.2) is 0 Å².